The maximum absolute atomic E-state index is 11.9. The fraction of sp³-hybridized carbons (Fsp3) is 0.600. The van der Waals surface area contributed by atoms with E-state index in [0.717, 1.165) is 30.8 Å². The Labute approximate surface area is 115 Å². The number of hydrogen-bond acceptors (Lipinski definition) is 3. The number of hydrogen-bond donors (Lipinski definition) is 1. The van der Waals surface area contributed by atoms with E-state index in [0.29, 0.717) is 6.42 Å². The Morgan fingerprint density at radius 3 is 2.95 bits per heavy atom. The Morgan fingerprint density at radius 2 is 2.11 bits per heavy atom. The molecule has 4 heteroatoms. The molecule has 0 atom stereocenters. The van der Waals surface area contributed by atoms with E-state index < -0.39 is 0 Å². The van der Waals surface area contributed by atoms with Gasteiger partial charge in [-0.15, -0.1) is 0 Å². The van der Waals surface area contributed by atoms with Crippen molar-refractivity contribution in [3.63, 3.8) is 0 Å². The topological polar surface area (TPSA) is 45.2 Å². The van der Waals surface area contributed by atoms with Crippen LogP contribution in [0.2, 0.25) is 0 Å². The predicted octanol–water partition coefficient (Wildman–Crippen LogP) is 2.84. The van der Waals surface area contributed by atoms with Gasteiger partial charge in [0.2, 0.25) is 5.91 Å². The molecule has 2 heterocycles. The third kappa shape index (κ3) is 3.77. The highest BCUT2D eigenvalue weighted by Crippen LogP contribution is 2.23. The Bertz CT molecular complexity index is 420. The standard InChI is InChI=1S/C15H23N3O/c1-2-3-4-5-6-12-17-18-14(19)10-9-13-8-7-11-16-15(13)18/h7-8,11,17H,2-6,9-10,12H2,1H3. The quantitative estimate of drug-likeness (QED) is 0.768. The van der Waals surface area contributed by atoms with Gasteiger partial charge in [-0.25, -0.2) is 15.4 Å². The summed E-state index contributed by atoms with van der Waals surface area (Å²) in [5.74, 6) is 0.909. The van der Waals surface area contributed by atoms with Crippen molar-refractivity contribution >= 4 is 11.7 Å². The average molecular weight is 261 g/mol. The van der Waals surface area contributed by atoms with E-state index in [2.05, 4.69) is 17.3 Å². The highest BCUT2D eigenvalue weighted by atomic mass is 16.2. The van der Waals surface area contributed by atoms with Gasteiger partial charge in [-0.2, -0.15) is 0 Å². The van der Waals surface area contributed by atoms with E-state index in [1.165, 1.54) is 25.7 Å². The number of aryl methyl sites for hydroxylation is 1. The lowest BCUT2D eigenvalue weighted by atomic mass is 10.1. The molecule has 0 radical (unpaired) electrons. The van der Waals surface area contributed by atoms with E-state index in [-0.39, 0.29) is 5.91 Å². The zero-order valence-corrected chi connectivity index (χ0v) is 11.7. The maximum Gasteiger partial charge on any atom is 0.243 e. The molecule has 0 fully saturated rings. The first-order valence-electron chi connectivity index (χ1n) is 7.33. The van der Waals surface area contributed by atoms with Crippen molar-refractivity contribution in [1.29, 1.82) is 0 Å². The summed E-state index contributed by atoms with van der Waals surface area (Å²) >= 11 is 0. The molecule has 0 bridgehead atoms. The molecule has 4 nitrogen and oxygen atoms in total. The third-order valence-electron chi connectivity index (χ3n) is 3.49. The molecule has 1 aromatic rings. The van der Waals surface area contributed by atoms with Crippen LogP contribution in [0.15, 0.2) is 18.3 Å². The van der Waals surface area contributed by atoms with E-state index in [1.807, 2.05) is 12.1 Å². The minimum Gasteiger partial charge on any atom is -0.273 e. The van der Waals surface area contributed by atoms with Gasteiger partial charge in [0, 0.05) is 19.2 Å². The van der Waals surface area contributed by atoms with Gasteiger partial charge in [0.1, 0.15) is 0 Å². The van der Waals surface area contributed by atoms with Crippen LogP contribution in [-0.4, -0.2) is 17.4 Å². The number of amides is 1. The van der Waals surface area contributed by atoms with Gasteiger partial charge in [-0.3, -0.25) is 4.79 Å². The molecule has 0 aliphatic carbocycles. The molecule has 1 aliphatic rings. The molecular formula is C15H23N3O. The van der Waals surface area contributed by atoms with Crippen molar-refractivity contribution in [2.45, 2.75) is 51.9 Å². The van der Waals surface area contributed by atoms with Gasteiger partial charge in [0.25, 0.3) is 0 Å². The van der Waals surface area contributed by atoms with Gasteiger partial charge in [0.05, 0.1) is 0 Å². The van der Waals surface area contributed by atoms with Crippen molar-refractivity contribution in [3.8, 4) is 0 Å². The van der Waals surface area contributed by atoms with E-state index in [9.17, 15) is 4.79 Å². The summed E-state index contributed by atoms with van der Waals surface area (Å²) in [5, 5.41) is 1.64. The fourth-order valence-electron chi connectivity index (χ4n) is 2.38. The monoisotopic (exact) mass is 261 g/mol. The van der Waals surface area contributed by atoms with Crippen LogP contribution in [-0.2, 0) is 11.2 Å². The number of carbonyl (C=O) groups excluding carboxylic acids is 1. The van der Waals surface area contributed by atoms with Crippen LogP contribution < -0.4 is 10.4 Å². The number of unbranched alkanes of at least 4 members (excludes halogenated alkanes) is 4. The number of fused-ring (bicyclic) bond motifs is 1. The summed E-state index contributed by atoms with van der Waals surface area (Å²) in [6.45, 7) is 3.05. The highest BCUT2D eigenvalue weighted by Gasteiger charge is 2.24. The second-order valence-corrected chi connectivity index (χ2v) is 5.04. The molecule has 1 amide bonds. The smallest absolute Gasteiger partial charge is 0.243 e. The molecular weight excluding hydrogens is 238 g/mol. The maximum atomic E-state index is 11.9. The Balaban J connectivity index is 1.84. The largest absolute Gasteiger partial charge is 0.273 e. The molecule has 0 saturated carbocycles. The number of nitrogens with one attached hydrogen (secondary N) is 1. The number of pyridine rings is 1. The normalized spacial score (nSPS) is 14.6. The summed E-state index contributed by atoms with van der Waals surface area (Å²) in [7, 11) is 0. The SMILES string of the molecule is CCCCCCCNN1C(=O)CCc2cccnc21. The summed E-state index contributed by atoms with van der Waals surface area (Å²) in [5.41, 5.74) is 4.38. The Kier molecular flexibility index (Phi) is 5.33. The zero-order chi connectivity index (χ0) is 13.5. The van der Waals surface area contributed by atoms with E-state index >= 15 is 0 Å². The lowest BCUT2D eigenvalue weighted by Gasteiger charge is -2.28. The molecule has 0 aromatic carbocycles. The van der Waals surface area contributed by atoms with Crippen molar-refractivity contribution in [2.75, 3.05) is 11.6 Å². The zero-order valence-electron chi connectivity index (χ0n) is 11.7. The van der Waals surface area contributed by atoms with Crippen molar-refractivity contribution in [1.82, 2.24) is 10.4 Å². The number of hydrazine groups is 1. The molecule has 1 N–H and O–H groups in total. The van der Waals surface area contributed by atoms with Gasteiger partial charge in [-0.05, 0) is 24.5 Å². The summed E-state index contributed by atoms with van der Waals surface area (Å²) in [6.07, 6.45) is 9.28. The molecule has 1 aromatic heterocycles. The highest BCUT2D eigenvalue weighted by molar-refractivity contribution is 5.94. The van der Waals surface area contributed by atoms with Crippen molar-refractivity contribution in [2.24, 2.45) is 0 Å². The Morgan fingerprint density at radius 1 is 1.26 bits per heavy atom. The number of carbonyl (C=O) groups is 1. The van der Waals surface area contributed by atoms with Crippen molar-refractivity contribution in [3.05, 3.63) is 23.9 Å². The van der Waals surface area contributed by atoms with Crippen LogP contribution >= 0.6 is 0 Å². The van der Waals surface area contributed by atoms with Gasteiger partial charge >= 0.3 is 0 Å². The van der Waals surface area contributed by atoms with Crippen LogP contribution in [0.1, 0.15) is 51.0 Å². The lowest BCUT2D eigenvalue weighted by molar-refractivity contribution is -0.119. The summed E-state index contributed by atoms with van der Waals surface area (Å²) in [6, 6.07) is 3.97. The predicted molar refractivity (Wildman–Crippen MR) is 76.8 cm³/mol. The lowest BCUT2D eigenvalue weighted by Crippen LogP contribution is -2.46. The number of nitrogens with zero attached hydrogens (tertiary/aromatic N) is 2. The Hall–Kier alpha value is -1.42. The molecule has 0 unspecified atom stereocenters. The molecule has 0 saturated heterocycles. The summed E-state index contributed by atoms with van der Waals surface area (Å²) in [4.78, 5) is 16.3. The fourth-order valence-corrected chi connectivity index (χ4v) is 2.38. The molecule has 1 aliphatic heterocycles. The van der Waals surface area contributed by atoms with E-state index in [4.69, 9.17) is 0 Å². The minimum absolute atomic E-state index is 0.125. The summed E-state index contributed by atoms with van der Waals surface area (Å²) < 4.78 is 0. The second-order valence-electron chi connectivity index (χ2n) is 5.04. The molecule has 0 spiro atoms. The van der Waals surface area contributed by atoms with Gasteiger partial charge in [0.15, 0.2) is 5.82 Å². The van der Waals surface area contributed by atoms with Crippen LogP contribution in [0.25, 0.3) is 0 Å². The number of anilines is 1. The van der Waals surface area contributed by atoms with Gasteiger partial charge < -0.3 is 0 Å². The minimum atomic E-state index is 0.125. The molecule has 19 heavy (non-hydrogen) atoms. The first-order valence-corrected chi connectivity index (χ1v) is 7.33. The van der Waals surface area contributed by atoms with Crippen LogP contribution in [0.5, 0.6) is 0 Å². The van der Waals surface area contributed by atoms with Crippen LogP contribution in [0.4, 0.5) is 5.82 Å². The van der Waals surface area contributed by atoms with Crippen molar-refractivity contribution < 1.29 is 4.79 Å². The van der Waals surface area contributed by atoms with E-state index in [1.54, 1.807) is 11.2 Å². The number of aromatic nitrogens is 1. The molecule has 2 rings (SSSR count). The number of rotatable bonds is 7. The van der Waals surface area contributed by atoms with Gasteiger partial charge in [-0.1, -0.05) is 38.7 Å². The van der Waals surface area contributed by atoms with Crippen LogP contribution in [0.3, 0.4) is 0 Å². The average Bonchev–Trinajstić information content (AvgIpc) is 2.44. The molecule has 104 valence electrons. The third-order valence-corrected chi connectivity index (χ3v) is 3.49. The van der Waals surface area contributed by atoms with Crippen LogP contribution in [0, 0.1) is 0 Å². The first kappa shape index (κ1) is 14.0. The first-order chi connectivity index (χ1) is 9.33. The second kappa shape index (κ2) is 7.24.